The van der Waals surface area contributed by atoms with Gasteiger partial charge in [0.2, 0.25) is 5.88 Å². The summed E-state index contributed by atoms with van der Waals surface area (Å²) >= 11 is 0. The van der Waals surface area contributed by atoms with E-state index in [1.165, 1.54) is 0 Å². The number of amides is 1. The maximum absolute atomic E-state index is 12.6. The van der Waals surface area contributed by atoms with E-state index in [2.05, 4.69) is 29.2 Å². The van der Waals surface area contributed by atoms with Gasteiger partial charge in [-0.1, -0.05) is 26.0 Å². The summed E-state index contributed by atoms with van der Waals surface area (Å²) in [5.41, 5.74) is 2.36. The Balaban J connectivity index is 1.60. The predicted molar refractivity (Wildman–Crippen MR) is 110 cm³/mol. The third kappa shape index (κ3) is 5.13. The average molecular weight is 394 g/mol. The molecule has 29 heavy (non-hydrogen) atoms. The van der Waals surface area contributed by atoms with Gasteiger partial charge in [0.1, 0.15) is 17.2 Å². The van der Waals surface area contributed by atoms with Gasteiger partial charge in [-0.25, -0.2) is 4.98 Å². The standard InChI is InChI=1S/C22H26N4O3/c1-5-26-20(12-19(25-26)15(2)3)22(27)24-14-16-9-10-21(23-13-16)29-18-8-6-7-17(11-18)28-4/h6-13,15H,5,14H2,1-4H3,(H,24,27). The van der Waals surface area contributed by atoms with Crippen molar-refractivity contribution in [1.82, 2.24) is 20.1 Å². The molecule has 0 atom stereocenters. The van der Waals surface area contributed by atoms with E-state index >= 15 is 0 Å². The second kappa shape index (κ2) is 9.23. The number of carbonyl (C=O) groups is 1. The highest BCUT2D eigenvalue weighted by Gasteiger charge is 2.16. The quantitative estimate of drug-likeness (QED) is 0.621. The maximum atomic E-state index is 12.6. The molecular formula is C22H26N4O3. The molecular weight excluding hydrogens is 368 g/mol. The Kier molecular flexibility index (Phi) is 6.49. The first-order chi connectivity index (χ1) is 14.0. The molecule has 0 aliphatic rings. The highest BCUT2D eigenvalue weighted by molar-refractivity contribution is 5.92. The molecule has 152 valence electrons. The van der Waals surface area contributed by atoms with E-state index in [1.807, 2.05) is 37.3 Å². The summed E-state index contributed by atoms with van der Waals surface area (Å²) in [5, 5.41) is 7.42. The molecule has 7 heteroatoms. The Morgan fingerprint density at radius 1 is 1.17 bits per heavy atom. The van der Waals surface area contributed by atoms with Crippen molar-refractivity contribution in [1.29, 1.82) is 0 Å². The number of aromatic nitrogens is 3. The first-order valence-electron chi connectivity index (χ1n) is 9.63. The zero-order valence-corrected chi connectivity index (χ0v) is 17.2. The Bertz CT molecular complexity index is 964. The number of pyridine rings is 1. The van der Waals surface area contributed by atoms with Crippen LogP contribution in [0.25, 0.3) is 0 Å². The fourth-order valence-corrected chi connectivity index (χ4v) is 2.78. The molecule has 0 aliphatic heterocycles. The Hall–Kier alpha value is -3.35. The Morgan fingerprint density at radius 3 is 2.62 bits per heavy atom. The fraction of sp³-hybridized carbons (Fsp3) is 0.318. The third-order valence-electron chi connectivity index (χ3n) is 4.44. The van der Waals surface area contributed by atoms with Crippen LogP contribution in [-0.4, -0.2) is 27.8 Å². The number of aryl methyl sites for hydroxylation is 1. The predicted octanol–water partition coefficient (Wildman–Crippen LogP) is 4.15. The number of methoxy groups -OCH3 is 1. The number of nitrogens with zero attached hydrogens (tertiary/aromatic N) is 3. The van der Waals surface area contributed by atoms with Crippen LogP contribution in [0.4, 0.5) is 0 Å². The lowest BCUT2D eigenvalue weighted by molar-refractivity contribution is 0.0940. The van der Waals surface area contributed by atoms with Gasteiger partial charge < -0.3 is 14.8 Å². The average Bonchev–Trinajstić information content (AvgIpc) is 3.18. The lowest BCUT2D eigenvalue weighted by atomic mass is 10.1. The molecule has 0 aliphatic carbocycles. The summed E-state index contributed by atoms with van der Waals surface area (Å²) in [6.07, 6.45) is 1.69. The van der Waals surface area contributed by atoms with Crippen LogP contribution in [-0.2, 0) is 13.1 Å². The van der Waals surface area contributed by atoms with Crippen LogP contribution in [0.15, 0.2) is 48.7 Å². The van der Waals surface area contributed by atoms with Crippen LogP contribution < -0.4 is 14.8 Å². The molecule has 0 radical (unpaired) electrons. The molecule has 0 fully saturated rings. The van der Waals surface area contributed by atoms with Gasteiger partial charge in [0, 0.05) is 31.4 Å². The summed E-state index contributed by atoms with van der Waals surface area (Å²) in [5.74, 6) is 1.96. The molecule has 0 spiro atoms. The van der Waals surface area contributed by atoms with E-state index in [4.69, 9.17) is 9.47 Å². The smallest absolute Gasteiger partial charge is 0.269 e. The fourth-order valence-electron chi connectivity index (χ4n) is 2.78. The number of hydrogen-bond donors (Lipinski definition) is 1. The summed E-state index contributed by atoms with van der Waals surface area (Å²) in [6, 6.07) is 12.8. The minimum Gasteiger partial charge on any atom is -0.497 e. The van der Waals surface area contributed by atoms with Crippen molar-refractivity contribution in [2.75, 3.05) is 7.11 Å². The molecule has 0 saturated carbocycles. The van der Waals surface area contributed by atoms with Crippen molar-refractivity contribution in [2.45, 2.75) is 39.8 Å². The van der Waals surface area contributed by atoms with Crippen molar-refractivity contribution in [2.24, 2.45) is 0 Å². The number of hydrogen-bond acceptors (Lipinski definition) is 5. The van der Waals surface area contributed by atoms with E-state index in [0.717, 1.165) is 11.3 Å². The molecule has 1 aromatic carbocycles. The van der Waals surface area contributed by atoms with Gasteiger partial charge in [-0.2, -0.15) is 5.10 Å². The highest BCUT2D eigenvalue weighted by atomic mass is 16.5. The molecule has 0 saturated heterocycles. The summed E-state index contributed by atoms with van der Waals surface area (Å²) < 4.78 is 12.7. The van der Waals surface area contributed by atoms with Crippen LogP contribution in [0.3, 0.4) is 0 Å². The number of benzene rings is 1. The van der Waals surface area contributed by atoms with Gasteiger partial charge in [0.25, 0.3) is 5.91 Å². The molecule has 1 N–H and O–H groups in total. The van der Waals surface area contributed by atoms with Crippen LogP contribution in [0.1, 0.15) is 48.4 Å². The van der Waals surface area contributed by atoms with E-state index < -0.39 is 0 Å². The van der Waals surface area contributed by atoms with Gasteiger partial charge in [-0.3, -0.25) is 9.48 Å². The van der Waals surface area contributed by atoms with Crippen LogP contribution in [0.2, 0.25) is 0 Å². The van der Waals surface area contributed by atoms with Crippen LogP contribution >= 0.6 is 0 Å². The lowest BCUT2D eigenvalue weighted by Gasteiger charge is -2.08. The number of carbonyl (C=O) groups excluding carboxylic acids is 1. The number of rotatable bonds is 8. The van der Waals surface area contributed by atoms with Crippen molar-refractivity contribution < 1.29 is 14.3 Å². The van der Waals surface area contributed by atoms with E-state index in [9.17, 15) is 4.79 Å². The van der Waals surface area contributed by atoms with Crippen molar-refractivity contribution in [3.63, 3.8) is 0 Å². The lowest BCUT2D eigenvalue weighted by Crippen LogP contribution is -2.25. The van der Waals surface area contributed by atoms with Crippen LogP contribution in [0.5, 0.6) is 17.4 Å². The van der Waals surface area contributed by atoms with Crippen LogP contribution in [0, 0.1) is 0 Å². The first kappa shape index (κ1) is 20.4. The third-order valence-corrected chi connectivity index (χ3v) is 4.44. The Morgan fingerprint density at radius 2 is 1.97 bits per heavy atom. The van der Waals surface area contributed by atoms with E-state index in [0.29, 0.717) is 36.2 Å². The minimum atomic E-state index is -0.150. The number of ether oxygens (including phenoxy) is 2. The molecule has 2 aromatic heterocycles. The molecule has 0 bridgehead atoms. The van der Waals surface area contributed by atoms with E-state index in [1.54, 1.807) is 30.1 Å². The second-order valence-electron chi connectivity index (χ2n) is 6.89. The summed E-state index contributed by atoms with van der Waals surface area (Å²) in [6.45, 7) is 7.11. The topological polar surface area (TPSA) is 78.3 Å². The summed E-state index contributed by atoms with van der Waals surface area (Å²) in [7, 11) is 1.61. The summed E-state index contributed by atoms with van der Waals surface area (Å²) in [4.78, 5) is 16.9. The largest absolute Gasteiger partial charge is 0.497 e. The van der Waals surface area contributed by atoms with E-state index in [-0.39, 0.29) is 11.8 Å². The van der Waals surface area contributed by atoms with Gasteiger partial charge in [0.05, 0.1) is 12.8 Å². The molecule has 7 nitrogen and oxygen atoms in total. The van der Waals surface area contributed by atoms with Gasteiger partial charge >= 0.3 is 0 Å². The number of nitrogens with one attached hydrogen (secondary N) is 1. The monoisotopic (exact) mass is 394 g/mol. The van der Waals surface area contributed by atoms with Crippen molar-refractivity contribution in [3.8, 4) is 17.4 Å². The molecule has 1 amide bonds. The SMILES string of the molecule is CCn1nc(C(C)C)cc1C(=O)NCc1ccc(Oc2cccc(OC)c2)nc1. The van der Waals surface area contributed by atoms with Gasteiger partial charge in [0.15, 0.2) is 0 Å². The molecule has 2 heterocycles. The van der Waals surface area contributed by atoms with Gasteiger partial charge in [-0.05, 0) is 36.6 Å². The minimum absolute atomic E-state index is 0.150. The Labute approximate surface area is 170 Å². The molecule has 0 unspecified atom stereocenters. The second-order valence-corrected chi connectivity index (χ2v) is 6.89. The normalized spacial score (nSPS) is 10.8. The maximum Gasteiger partial charge on any atom is 0.269 e. The van der Waals surface area contributed by atoms with Gasteiger partial charge in [-0.15, -0.1) is 0 Å². The first-order valence-corrected chi connectivity index (χ1v) is 9.63. The van der Waals surface area contributed by atoms with Crippen molar-refractivity contribution in [3.05, 3.63) is 65.6 Å². The molecule has 3 rings (SSSR count). The highest BCUT2D eigenvalue weighted by Crippen LogP contribution is 2.23. The van der Waals surface area contributed by atoms with Crippen molar-refractivity contribution >= 4 is 5.91 Å². The molecule has 3 aromatic rings. The zero-order valence-electron chi connectivity index (χ0n) is 17.2. The zero-order chi connectivity index (χ0) is 20.8.